The fourth-order valence-electron chi connectivity index (χ4n) is 3.16. The standard InChI is InChI=1S/C18H16N4S.CHF3O/c1-22-10-14-7-13(9-19-17(14)21-22)15-6-5-12-8-16(11-3-2-4-11)23-18(12)20-15;2-1(3,4)5/h5-11H,2-4H2,1H3;5H. The monoisotopic (exact) mass is 406 g/mol. The number of aryl methyl sites for hydroxylation is 1. The molecule has 5 nitrogen and oxygen atoms in total. The maximum atomic E-state index is 9.91. The van der Waals surface area contributed by atoms with Crippen molar-refractivity contribution < 1.29 is 18.3 Å². The molecule has 0 aromatic carbocycles. The quantitative estimate of drug-likeness (QED) is 0.508. The molecule has 1 saturated carbocycles. The SMILES string of the molecule is Cn1cc2cc(-c3ccc4cc(C5CCC5)sc4n3)cnc2n1.OC(F)(F)F. The van der Waals surface area contributed by atoms with Crippen molar-refractivity contribution in [1.82, 2.24) is 19.7 Å². The fourth-order valence-corrected chi connectivity index (χ4v) is 4.36. The zero-order chi connectivity index (χ0) is 19.9. The first kappa shape index (κ1) is 18.8. The van der Waals surface area contributed by atoms with E-state index in [4.69, 9.17) is 10.1 Å². The molecule has 0 saturated heterocycles. The zero-order valence-electron chi connectivity index (χ0n) is 14.9. The van der Waals surface area contributed by atoms with Gasteiger partial charge in [0.2, 0.25) is 0 Å². The average molecular weight is 406 g/mol. The van der Waals surface area contributed by atoms with Crippen LogP contribution in [0.15, 0.2) is 36.7 Å². The van der Waals surface area contributed by atoms with E-state index < -0.39 is 6.36 Å². The summed E-state index contributed by atoms with van der Waals surface area (Å²) in [7, 11) is 1.92. The number of halogens is 3. The number of aliphatic hydroxyl groups is 1. The van der Waals surface area contributed by atoms with Crippen LogP contribution in [-0.2, 0) is 7.05 Å². The molecule has 1 aliphatic rings. The van der Waals surface area contributed by atoms with E-state index in [1.54, 1.807) is 4.68 Å². The molecule has 5 rings (SSSR count). The molecule has 146 valence electrons. The lowest BCUT2D eigenvalue weighted by atomic mass is 9.84. The Morgan fingerprint density at radius 1 is 1.18 bits per heavy atom. The van der Waals surface area contributed by atoms with Crippen LogP contribution < -0.4 is 0 Å². The Balaban J connectivity index is 0.000000346. The number of rotatable bonds is 2. The molecular weight excluding hydrogens is 389 g/mol. The van der Waals surface area contributed by atoms with E-state index in [-0.39, 0.29) is 0 Å². The number of alkyl halides is 3. The fraction of sp³-hybridized carbons (Fsp3) is 0.316. The minimum Gasteiger partial charge on any atom is -0.308 e. The van der Waals surface area contributed by atoms with Crippen molar-refractivity contribution in [2.45, 2.75) is 31.5 Å². The van der Waals surface area contributed by atoms with Crippen LogP contribution in [0.2, 0.25) is 0 Å². The maximum Gasteiger partial charge on any atom is 0.519 e. The first-order chi connectivity index (χ1) is 13.3. The van der Waals surface area contributed by atoms with E-state index in [1.165, 1.54) is 29.5 Å². The highest BCUT2D eigenvalue weighted by Gasteiger charge is 2.22. The smallest absolute Gasteiger partial charge is 0.308 e. The summed E-state index contributed by atoms with van der Waals surface area (Å²) in [6, 6.07) is 8.72. The lowest BCUT2D eigenvalue weighted by Crippen LogP contribution is -2.06. The summed E-state index contributed by atoms with van der Waals surface area (Å²) in [5.41, 5.74) is 2.81. The van der Waals surface area contributed by atoms with Gasteiger partial charge < -0.3 is 5.11 Å². The van der Waals surface area contributed by atoms with Gasteiger partial charge in [0.15, 0.2) is 5.65 Å². The predicted octanol–water partition coefficient (Wildman–Crippen LogP) is 5.01. The molecular formula is C19H17F3N4OS. The van der Waals surface area contributed by atoms with Gasteiger partial charge in [-0.05, 0) is 43.0 Å². The van der Waals surface area contributed by atoms with Crippen LogP contribution in [0.4, 0.5) is 13.2 Å². The second-order valence-electron chi connectivity index (χ2n) is 6.77. The Labute approximate surface area is 162 Å². The normalized spacial score (nSPS) is 14.8. The third-order valence-corrected chi connectivity index (χ3v) is 5.89. The molecule has 4 heterocycles. The summed E-state index contributed by atoms with van der Waals surface area (Å²) in [5, 5.41) is 13.2. The van der Waals surface area contributed by atoms with Gasteiger partial charge in [-0.15, -0.1) is 24.5 Å². The molecule has 1 aliphatic carbocycles. The summed E-state index contributed by atoms with van der Waals surface area (Å²) in [4.78, 5) is 11.9. The lowest BCUT2D eigenvalue weighted by molar-refractivity contribution is -0.295. The molecule has 9 heteroatoms. The van der Waals surface area contributed by atoms with Crippen molar-refractivity contribution in [2.24, 2.45) is 7.05 Å². The van der Waals surface area contributed by atoms with Crippen LogP contribution >= 0.6 is 11.3 Å². The van der Waals surface area contributed by atoms with E-state index in [0.717, 1.165) is 33.0 Å². The van der Waals surface area contributed by atoms with Gasteiger partial charge in [-0.1, -0.05) is 6.42 Å². The number of hydrogen-bond acceptors (Lipinski definition) is 5. The molecule has 0 unspecified atom stereocenters. The van der Waals surface area contributed by atoms with Crippen molar-refractivity contribution in [3.8, 4) is 11.3 Å². The Bertz CT molecular complexity index is 1130. The third kappa shape index (κ3) is 4.15. The van der Waals surface area contributed by atoms with Gasteiger partial charge in [-0.25, -0.2) is 9.97 Å². The number of thiophene rings is 1. The second-order valence-corrected chi connectivity index (χ2v) is 7.84. The number of fused-ring (bicyclic) bond motifs is 2. The van der Waals surface area contributed by atoms with Gasteiger partial charge in [-0.3, -0.25) is 4.68 Å². The molecule has 0 radical (unpaired) electrons. The minimum atomic E-state index is -5.00. The summed E-state index contributed by atoms with van der Waals surface area (Å²) < 4.78 is 31.5. The molecule has 1 N–H and O–H groups in total. The maximum absolute atomic E-state index is 9.91. The molecule has 28 heavy (non-hydrogen) atoms. The predicted molar refractivity (Wildman–Crippen MR) is 102 cm³/mol. The molecule has 0 amide bonds. The summed E-state index contributed by atoms with van der Waals surface area (Å²) in [6.07, 6.45) is 2.89. The number of aromatic nitrogens is 4. The first-order valence-corrected chi connectivity index (χ1v) is 9.57. The molecule has 0 aliphatic heterocycles. The van der Waals surface area contributed by atoms with Crippen molar-refractivity contribution in [2.75, 3.05) is 0 Å². The second kappa shape index (κ2) is 7.14. The highest BCUT2D eigenvalue weighted by Crippen LogP contribution is 2.41. The molecule has 4 aromatic rings. The Morgan fingerprint density at radius 2 is 1.93 bits per heavy atom. The molecule has 0 atom stereocenters. The van der Waals surface area contributed by atoms with E-state index in [2.05, 4.69) is 34.3 Å². The van der Waals surface area contributed by atoms with Crippen LogP contribution in [0.3, 0.4) is 0 Å². The van der Waals surface area contributed by atoms with Gasteiger partial charge >= 0.3 is 6.36 Å². The number of hydrogen-bond donors (Lipinski definition) is 1. The van der Waals surface area contributed by atoms with Gasteiger partial charge in [0.05, 0.1) is 5.69 Å². The van der Waals surface area contributed by atoms with E-state index in [0.29, 0.717) is 0 Å². The molecule has 0 spiro atoms. The molecule has 1 fully saturated rings. The van der Waals surface area contributed by atoms with Crippen LogP contribution in [0.25, 0.3) is 32.5 Å². The van der Waals surface area contributed by atoms with Crippen molar-refractivity contribution in [3.05, 3.63) is 41.5 Å². The number of pyridine rings is 2. The Morgan fingerprint density at radius 3 is 2.61 bits per heavy atom. The first-order valence-electron chi connectivity index (χ1n) is 8.75. The zero-order valence-corrected chi connectivity index (χ0v) is 15.8. The van der Waals surface area contributed by atoms with Gasteiger partial charge in [0.1, 0.15) is 4.83 Å². The van der Waals surface area contributed by atoms with Crippen molar-refractivity contribution in [1.29, 1.82) is 0 Å². The lowest BCUT2D eigenvalue weighted by Gasteiger charge is -2.23. The molecule has 4 aromatic heterocycles. The van der Waals surface area contributed by atoms with Gasteiger partial charge in [0.25, 0.3) is 0 Å². The topological polar surface area (TPSA) is 63.8 Å². The summed E-state index contributed by atoms with van der Waals surface area (Å²) in [6.45, 7) is 0. The highest BCUT2D eigenvalue weighted by molar-refractivity contribution is 7.18. The summed E-state index contributed by atoms with van der Waals surface area (Å²) >= 11 is 1.85. The molecule has 0 bridgehead atoms. The summed E-state index contributed by atoms with van der Waals surface area (Å²) in [5.74, 6) is 0.769. The Hall–Kier alpha value is -2.52. The Kier molecular flexibility index (Phi) is 4.80. The van der Waals surface area contributed by atoms with E-state index in [9.17, 15) is 13.2 Å². The van der Waals surface area contributed by atoms with Gasteiger partial charge in [0, 0.05) is 40.7 Å². The van der Waals surface area contributed by atoms with Crippen LogP contribution in [0, 0.1) is 0 Å². The highest BCUT2D eigenvalue weighted by atomic mass is 32.1. The van der Waals surface area contributed by atoms with Gasteiger partial charge in [-0.2, -0.15) is 5.10 Å². The average Bonchev–Trinajstić information content (AvgIpc) is 3.11. The number of nitrogens with zero attached hydrogens (tertiary/aromatic N) is 4. The van der Waals surface area contributed by atoms with Crippen molar-refractivity contribution in [3.63, 3.8) is 0 Å². The third-order valence-electron chi connectivity index (χ3n) is 4.68. The van der Waals surface area contributed by atoms with Crippen LogP contribution in [-0.4, -0.2) is 31.2 Å². The van der Waals surface area contributed by atoms with Crippen LogP contribution in [0.1, 0.15) is 30.1 Å². The largest absolute Gasteiger partial charge is 0.519 e. The van der Waals surface area contributed by atoms with E-state index in [1.807, 2.05) is 30.8 Å². The minimum absolute atomic E-state index is 0.769. The van der Waals surface area contributed by atoms with Crippen molar-refractivity contribution >= 4 is 32.6 Å². The van der Waals surface area contributed by atoms with Crippen LogP contribution in [0.5, 0.6) is 0 Å². The van der Waals surface area contributed by atoms with E-state index >= 15 is 0 Å².